The first-order chi connectivity index (χ1) is 16.6. The summed E-state index contributed by atoms with van der Waals surface area (Å²) in [6, 6.07) is 5.26. The number of amides is 2. The summed E-state index contributed by atoms with van der Waals surface area (Å²) in [6.07, 6.45) is -0.334. The lowest BCUT2D eigenvalue weighted by atomic mass is 9.79. The van der Waals surface area contributed by atoms with Crippen LogP contribution in [0.2, 0.25) is 0 Å². The Morgan fingerprint density at radius 1 is 1.34 bits per heavy atom. The zero-order chi connectivity index (χ0) is 25.4. The fraction of sp³-hybridized carbons (Fsp3) is 0.500. The van der Waals surface area contributed by atoms with Gasteiger partial charge in [-0.1, -0.05) is 13.0 Å². The normalized spacial score (nSPS) is 28.4. The number of nitrogens with one attached hydrogen (secondary N) is 2. The number of aromatic carboxylic acids is 1. The highest BCUT2D eigenvalue weighted by Gasteiger charge is 2.60. The minimum Gasteiger partial charge on any atom is -0.478 e. The van der Waals surface area contributed by atoms with Gasteiger partial charge in [0, 0.05) is 28.3 Å². The molecule has 0 saturated carbocycles. The highest BCUT2D eigenvalue weighted by molar-refractivity contribution is 8.03. The zero-order valence-corrected chi connectivity index (χ0v) is 20.5. The Hall–Kier alpha value is -2.89. The number of thioether (sulfide) groups is 1. The molecule has 0 radical (unpaired) electrons. The number of nitrogens with zero attached hydrogens (tertiary/aromatic N) is 1. The SMILES string of the molecule is CCOC(=O)C1=C(S[C@@H]2CN[C@H](C(=O)Nc3cccc(C(=O)O)c3)C2)[C@H](C)[C@@H]2[C@@H]([C@@H](C)O)C(=O)N12. The molecule has 0 aliphatic carbocycles. The van der Waals surface area contributed by atoms with Crippen molar-refractivity contribution in [1.29, 1.82) is 0 Å². The third kappa shape index (κ3) is 4.67. The van der Waals surface area contributed by atoms with E-state index in [1.807, 2.05) is 6.92 Å². The van der Waals surface area contributed by atoms with E-state index in [2.05, 4.69) is 10.6 Å². The number of hydrogen-bond acceptors (Lipinski definition) is 8. The first kappa shape index (κ1) is 25.2. The predicted molar refractivity (Wildman–Crippen MR) is 128 cm³/mol. The van der Waals surface area contributed by atoms with E-state index in [9.17, 15) is 24.3 Å². The van der Waals surface area contributed by atoms with Gasteiger partial charge in [-0.25, -0.2) is 9.59 Å². The van der Waals surface area contributed by atoms with Gasteiger partial charge in [0.15, 0.2) is 0 Å². The van der Waals surface area contributed by atoms with Crippen LogP contribution in [0.1, 0.15) is 37.6 Å². The van der Waals surface area contributed by atoms with Crippen LogP contribution in [0.25, 0.3) is 0 Å². The number of β-lactam (4-membered cyclic amide) rings is 1. The van der Waals surface area contributed by atoms with Gasteiger partial charge in [0.05, 0.1) is 36.3 Å². The molecule has 1 aromatic rings. The van der Waals surface area contributed by atoms with Crippen molar-refractivity contribution in [2.75, 3.05) is 18.5 Å². The first-order valence-corrected chi connectivity index (χ1v) is 12.5. The monoisotopic (exact) mass is 503 g/mol. The van der Waals surface area contributed by atoms with Gasteiger partial charge in [0.25, 0.3) is 0 Å². The second-order valence-corrected chi connectivity index (χ2v) is 10.3. The van der Waals surface area contributed by atoms with Gasteiger partial charge in [-0.15, -0.1) is 11.8 Å². The molecule has 10 nitrogen and oxygen atoms in total. The lowest BCUT2D eigenvalue weighted by Gasteiger charge is -2.46. The molecule has 3 aliphatic heterocycles. The second kappa shape index (κ2) is 10.00. The van der Waals surface area contributed by atoms with Crippen molar-refractivity contribution in [2.45, 2.75) is 50.6 Å². The molecule has 2 fully saturated rings. The maximum Gasteiger partial charge on any atom is 0.355 e. The molecule has 3 aliphatic rings. The molecule has 11 heteroatoms. The molecule has 1 aromatic carbocycles. The van der Waals surface area contributed by atoms with Gasteiger partial charge in [-0.3, -0.25) is 9.59 Å². The maximum atomic E-state index is 12.8. The van der Waals surface area contributed by atoms with Gasteiger partial charge >= 0.3 is 11.9 Å². The molecule has 4 rings (SSSR count). The number of ether oxygens (including phenoxy) is 1. The van der Waals surface area contributed by atoms with Gasteiger partial charge in [0.1, 0.15) is 5.70 Å². The minimum absolute atomic E-state index is 0.0308. The number of carbonyl (C=O) groups is 4. The molecule has 0 aromatic heterocycles. The molecule has 35 heavy (non-hydrogen) atoms. The summed E-state index contributed by atoms with van der Waals surface area (Å²) >= 11 is 1.47. The fourth-order valence-electron chi connectivity index (χ4n) is 5.00. The van der Waals surface area contributed by atoms with Crippen molar-refractivity contribution < 1.29 is 34.1 Å². The van der Waals surface area contributed by atoms with Crippen LogP contribution in [-0.2, 0) is 19.1 Å². The zero-order valence-electron chi connectivity index (χ0n) is 19.7. The Balaban J connectivity index is 1.46. The topological polar surface area (TPSA) is 145 Å². The second-order valence-electron chi connectivity index (χ2n) is 9.00. The van der Waals surface area contributed by atoms with Crippen LogP contribution in [0.5, 0.6) is 0 Å². The molecule has 2 saturated heterocycles. The van der Waals surface area contributed by atoms with Crippen molar-refractivity contribution in [3.05, 3.63) is 40.4 Å². The minimum atomic E-state index is -1.08. The lowest BCUT2D eigenvalue weighted by molar-refractivity contribution is -0.164. The smallest absolute Gasteiger partial charge is 0.355 e. The summed E-state index contributed by atoms with van der Waals surface area (Å²) in [5.41, 5.74) is 0.727. The third-order valence-electron chi connectivity index (χ3n) is 6.66. The largest absolute Gasteiger partial charge is 0.478 e. The number of rotatable bonds is 8. The summed E-state index contributed by atoms with van der Waals surface area (Å²) in [5.74, 6) is -2.89. The molecule has 0 unspecified atom stereocenters. The molecular weight excluding hydrogens is 474 g/mol. The average molecular weight is 504 g/mol. The number of esters is 1. The number of carboxylic acid groups (broad SMARTS) is 1. The average Bonchev–Trinajstić information content (AvgIpc) is 3.36. The molecule has 0 spiro atoms. The Labute approximate surface area is 207 Å². The molecule has 3 heterocycles. The summed E-state index contributed by atoms with van der Waals surface area (Å²) in [6.45, 7) is 5.92. The van der Waals surface area contributed by atoms with E-state index in [-0.39, 0.29) is 46.9 Å². The highest BCUT2D eigenvalue weighted by atomic mass is 32.2. The number of hydrogen-bond donors (Lipinski definition) is 4. The van der Waals surface area contributed by atoms with Crippen LogP contribution in [0, 0.1) is 11.8 Å². The van der Waals surface area contributed by atoms with E-state index >= 15 is 0 Å². The number of aliphatic hydroxyl groups excluding tert-OH is 1. The number of carbonyl (C=O) groups excluding carboxylic acids is 3. The first-order valence-electron chi connectivity index (χ1n) is 11.6. The van der Waals surface area contributed by atoms with E-state index in [0.29, 0.717) is 18.7 Å². The van der Waals surface area contributed by atoms with Crippen LogP contribution < -0.4 is 10.6 Å². The quantitative estimate of drug-likeness (QED) is 0.306. The van der Waals surface area contributed by atoms with E-state index in [1.54, 1.807) is 26.0 Å². The van der Waals surface area contributed by atoms with Crippen molar-refractivity contribution in [3.8, 4) is 0 Å². The number of aliphatic hydroxyl groups is 1. The molecule has 0 bridgehead atoms. The Kier molecular flexibility index (Phi) is 7.20. The number of benzene rings is 1. The fourth-order valence-corrected chi connectivity index (χ4v) is 6.48. The van der Waals surface area contributed by atoms with Crippen molar-refractivity contribution in [1.82, 2.24) is 10.2 Å². The molecule has 6 atom stereocenters. The van der Waals surface area contributed by atoms with Gasteiger partial charge in [-0.2, -0.15) is 0 Å². The molecule has 188 valence electrons. The molecule has 2 amide bonds. The van der Waals surface area contributed by atoms with Gasteiger partial charge in [-0.05, 0) is 38.5 Å². The van der Waals surface area contributed by atoms with E-state index < -0.39 is 30.0 Å². The Morgan fingerprint density at radius 2 is 2.09 bits per heavy atom. The lowest BCUT2D eigenvalue weighted by Crippen LogP contribution is -2.63. The number of carboxylic acids is 1. The maximum absolute atomic E-state index is 12.8. The van der Waals surface area contributed by atoms with E-state index in [0.717, 1.165) is 4.91 Å². The summed E-state index contributed by atoms with van der Waals surface area (Å²) in [7, 11) is 0. The Bertz CT molecular complexity index is 1090. The van der Waals surface area contributed by atoms with Crippen LogP contribution in [0.4, 0.5) is 5.69 Å². The van der Waals surface area contributed by atoms with Crippen LogP contribution in [0.15, 0.2) is 34.9 Å². The summed E-state index contributed by atoms with van der Waals surface area (Å²) < 4.78 is 5.23. The van der Waals surface area contributed by atoms with Crippen molar-refractivity contribution in [2.24, 2.45) is 11.8 Å². The highest BCUT2D eigenvalue weighted by Crippen LogP contribution is 2.52. The third-order valence-corrected chi connectivity index (χ3v) is 8.17. The number of fused-ring (bicyclic) bond motifs is 1. The standard InChI is InChI=1S/C24H29N3O7S/c1-4-34-24(33)19-20(11(2)18-17(12(3)28)22(30)27(18)19)35-15-9-16(25-10-15)21(29)26-14-7-5-6-13(8-14)23(31)32/h5-8,11-12,15-18,25,28H,4,9-10H2,1-3H3,(H,26,29)(H,31,32)/t11-,12-,15+,16+,17-,18-/m1/s1. The van der Waals surface area contributed by atoms with Crippen LogP contribution in [0.3, 0.4) is 0 Å². The van der Waals surface area contributed by atoms with Gasteiger partial charge < -0.3 is 30.5 Å². The van der Waals surface area contributed by atoms with E-state index in [4.69, 9.17) is 9.84 Å². The van der Waals surface area contributed by atoms with Crippen LogP contribution in [-0.4, -0.2) is 75.5 Å². The summed E-state index contributed by atoms with van der Waals surface area (Å²) in [4.78, 5) is 51.6. The number of anilines is 1. The van der Waals surface area contributed by atoms with E-state index in [1.165, 1.54) is 28.8 Å². The molecular formula is C24H29N3O7S. The molecule has 4 N–H and O–H groups in total. The van der Waals surface area contributed by atoms with Crippen molar-refractivity contribution in [3.63, 3.8) is 0 Å². The van der Waals surface area contributed by atoms with Gasteiger partial charge in [0.2, 0.25) is 11.8 Å². The predicted octanol–water partition coefficient (Wildman–Crippen LogP) is 1.42. The van der Waals surface area contributed by atoms with Crippen LogP contribution >= 0.6 is 11.8 Å². The van der Waals surface area contributed by atoms with Crippen molar-refractivity contribution >= 4 is 41.2 Å². The Morgan fingerprint density at radius 3 is 2.74 bits per heavy atom. The summed E-state index contributed by atoms with van der Waals surface area (Å²) in [5, 5.41) is 25.1.